The predicted molar refractivity (Wildman–Crippen MR) is 121 cm³/mol. The molecule has 31 heavy (non-hydrogen) atoms. The number of hydrogen-bond donors (Lipinski definition) is 4. The van der Waals surface area contributed by atoms with Gasteiger partial charge < -0.3 is 30.7 Å². The summed E-state index contributed by atoms with van der Waals surface area (Å²) in [5.74, 6) is 1.50. The van der Waals surface area contributed by atoms with Crippen molar-refractivity contribution in [1.29, 1.82) is 0 Å². The summed E-state index contributed by atoms with van der Waals surface area (Å²) in [7, 11) is 3.13. The Labute approximate surface area is 182 Å². The van der Waals surface area contributed by atoms with E-state index in [0.29, 0.717) is 35.2 Å². The number of ether oxygens (including phenoxy) is 2. The molecule has 1 fully saturated rings. The second kappa shape index (κ2) is 10.6. The molecule has 4 amide bonds. The van der Waals surface area contributed by atoms with Gasteiger partial charge in [0.15, 0.2) is 0 Å². The second-order valence-electron chi connectivity index (χ2n) is 7.69. The van der Waals surface area contributed by atoms with Crippen LogP contribution in [0.3, 0.4) is 0 Å². The van der Waals surface area contributed by atoms with Crippen LogP contribution in [0.1, 0.15) is 26.2 Å². The molecule has 0 unspecified atom stereocenters. The lowest BCUT2D eigenvalue weighted by Gasteiger charge is -2.35. The largest absolute Gasteiger partial charge is 0.495 e. The van der Waals surface area contributed by atoms with E-state index in [4.69, 9.17) is 9.47 Å². The Kier molecular flexibility index (Phi) is 7.59. The first-order valence-corrected chi connectivity index (χ1v) is 10.4. The molecule has 0 bridgehead atoms. The zero-order valence-corrected chi connectivity index (χ0v) is 18.1. The quantitative estimate of drug-likeness (QED) is 0.556. The summed E-state index contributed by atoms with van der Waals surface area (Å²) in [6, 6.07) is 13.8. The van der Waals surface area contributed by atoms with Crippen LogP contribution in [0, 0.1) is 5.92 Å². The molecule has 0 aromatic heterocycles. The molecule has 0 aliphatic heterocycles. The molecule has 0 spiro atoms. The molecular formula is C23H30N4O4. The summed E-state index contributed by atoms with van der Waals surface area (Å²) in [4.78, 5) is 25.0. The van der Waals surface area contributed by atoms with Gasteiger partial charge in [-0.2, -0.15) is 0 Å². The predicted octanol–water partition coefficient (Wildman–Crippen LogP) is 4.20. The Morgan fingerprint density at radius 2 is 1.32 bits per heavy atom. The number of carbonyl (C=O) groups is 2. The molecule has 0 saturated heterocycles. The molecule has 8 heteroatoms. The SMILES string of the molecule is COc1ccccc1NC(=O)N[C@@H]1CC[C@H](C)[C@@H](NC(=O)Nc2ccccc2OC)C1. The molecule has 2 aromatic rings. The van der Waals surface area contributed by atoms with E-state index in [-0.39, 0.29) is 24.1 Å². The van der Waals surface area contributed by atoms with Crippen LogP contribution < -0.4 is 30.7 Å². The summed E-state index contributed by atoms with van der Waals surface area (Å²) in [6.07, 6.45) is 2.41. The molecule has 1 saturated carbocycles. The van der Waals surface area contributed by atoms with Crippen LogP contribution in [0.15, 0.2) is 48.5 Å². The lowest BCUT2D eigenvalue weighted by Crippen LogP contribution is -2.50. The first kappa shape index (κ1) is 22.3. The number of amides is 4. The van der Waals surface area contributed by atoms with Gasteiger partial charge in [0.1, 0.15) is 11.5 Å². The van der Waals surface area contributed by atoms with Gasteiger partial charge in [-0.05, 0) is 49.4 Å². The van der Waals surface area contributed by atoms with Gasteiger partial charge in [0.2, 0.25) is 0 Å². The van der Waals surface area contributed by atoms with Crippen molar-refractivity contribution < 1.29 is 19.1 Å². The summed E-state index contributed by atoms with van der Waals surface area (Å²) in [6.45, 7) is 2.11. The molecular weight excluding hydrogens is 396 g/mol. The summed E-state index contributed by atoms with van der Waals surface area (Å²) in [5, 5.41) is 11.7. The molecule has 2 aromatic carbocycles. The number of rotatable bonds is 6. The third-order valence-corrected chi connectivity index (χ3v) is 5.56. The highest BCUT2D eigenvalue weighted by molar-refractivity contribution is 5.92. The van der Waals surface area contributed by atoms with Crippen molar-refractivity contribution in [3.63, 3.8) is 0 Å². The van der Waals surface area contributed by atoms with E-state index in [1.54, 1.807) is 38.5 Å². The smallest absolute Gasteiger partial charge is 0.319 e. The number of carbonyl (C=O) groups excluding carboxylic acids is 2. The Morgan fingerprint density at radius 3 is 1.87 bits per heavy atom. The first-order valence-electron chi connectivity index (χ1n) is 10.4. The van der Waals surface area contributed by atoms with Gasteiger partial charge in [-0.25, -0.2) is 9.59 Å². The van der Waals surface area contributed by atoms with Crippen LogP contribution in [0.4, 0.5) is 21.0 Å². The molecule has 166 valence electrons. The van der Waals surface area contributed by atoms with Crippen LogP contribution in [-0.2, 0) is 0 Å². The maximum atomic E-state index is 12.5. The average Bonchev–Trinajstić information content (AvgIpc) is 2.76. The lowest BCUT2D eigenvalue weighted by molar-refractivity contribution is 0.213. The van der Waals surface area contributed by atoms with Crippen molar-refractivity contribution in [1.82, 2.24) is 10.6 Å². The van der Waals surface area contributed by atoms with Gasteiger partial charge in [-0.15, -0.1) is 0 Å². The minimum absolute atomic E-state index is 0.0394. The van der Waals surface area contributed by atoms with Crippen molar-refractivity contribution in [3.8, 4) is 11.5 Å². The van der Waals surface area contributed by atoms with Crippen LogP contribution >= 0.6 is 0 Å². The highest BCUT2D eigenvalue weighted by Gasteiger charge is 2.30. The van der Waals surface area contributed by atoms with Crippen LogP contribution in [0.2, 0.25) is 0 Å². The summed E-state index contributed by atoms with van der Waals surface area (Å²) >= 11 is 0. The third-order valence-electron chi connectivity index (χ3n) is 5.56. The number of urea groups is 2. The summed E-state index contributed by atoms with van der Waals surface area (Å²) in [5.41, 5.74) is 1.22. The number of methoxy groups -OCH3 is 2. The maximum absolute atomic E-state index is 12.5. The number of hydrogen-bond acceptors (Lipinski definition) is 4. The first-order chi connectivity index (χ1) is 15.0. The van der Waals surface area contributed by atoms with E-state index in [1.165, 1.54) is 0 Å². The molecule has 1 aliphatic rings. The zero-order chi connectivity index (χ0) is 22.2. The van der Waals surface area contributed by atoms with Crippen LogP contribution in [-0.4, -0.2) is 38.4 Å². The fourth-order valence-corrected chi connectivity index (χ4v) is 3.82. The molecule has 1 aliphatic carbocycles. The topological polar surface area (TPSA) is 101 Å². The van der Waals surface area contributed by atoms with Gasteiger partial charge in [0.25, 0.3) is 0 Å². The molecule has 3 atom stereocenters. The second-order valence-corrected chi connectivity index (χ2v) is 7.69. The summed E-state index contributed by atoms with van der Waals surface area (Å²) < 4.78 is 10.5. The fourth-order valence-electron chi connectivity index (χ4n) is 3.82. The normalized spacial score (nSPS) is 20.3. The molecule has 0 radical (unpaired) electrons. The van der Waals surface area contributed by atoms with Crippen LogP contribution in [0.25, 0.3) is 0 Å². The maximum Gasteiger partial charge on any atom is 0.319 e. The lowest BCUT2D eigenvalue weighted by atomic mass is 9.83. The highest BCUT2D eigenvalue weighted by atomic mass is 16.5. The van der Waals surface area contributed by atoms with Gasteiger partial charge >= 0.3 is 12.1 Å². The highest BCUT2D eigenvalue weighted by Crippen LogP contribution is 2.27. The number of benzene rings is 2. The average molecular weight is 427 g/mol. The number of nitrogens with one attached hydrogen (secondary N) is 4. The van der Waals surface area contributed by atoms with Crippen LogP contribution in [0.5, 0.6) is 11.5 Å². The standard InChI is InChI=1S/C23H30N4O4/c1-15-12-13-16(24-22(28)25-17-8-4-6-10-20(17)30-2)14-19(15)27-23(29)26-18-9-5-7-11-21(18)31-3/h4-11,15-16,19H,12-14H2,1-3H3,(H2,24,25,28)(H2,26,27,29)/t15-,16+,19-/m0/s1. The molecule has 8 nitrogen and oxygen atoms in total. The minimum Gasteiger partial charge on any atom is -0.495 e. The van der Waals surface area contributed by atoms with E-state index in [1.807, 2.05) is 24.3 Å². The Bertz CT molecular complexity index is 905. The van der Waals surface area contributed by atoms with E-state index in [0.717, 1.165) is 12.8 Å². The number of para-hydroxylation sites is 4. The van der Waals surface area contributed by atoms with E-state index in [9.17, 15) is 9.59 Å². The van der Waals surface area contributed by atoms with E-state index >= 15 is 0 Å². The molecule has 0 heterocycles. The number of anilines is 2. The Balaban J connectivity index is 1.54. The molecule has 3 rings (SSSR count). The van der Waals surface area contributed by atoms with Crippen molar-refractivity contribution in [2.75, 3.05) is 24.9 Å². The van der Waals surface area contributed by atoms with Gasteiger partial charge in [0, 0.05) is 12.1 Å². The monoisotopic (exact) mass is 426 g/mol. The van der Waals surface area contributed by atoms with Gasteiger partial charge in [0.05, 0.1) is 25.6 Å². The van der Waals surface area contributed by atoms with Crippen molar-refractivity contribution >= 4 is 23.4 Å². The van der Waals surface area contributed by atoms with Gasteiger partial charge in [-0.1, -0.05) is 31.2 Å². The Hall–Kier alpha value is -3.42. The van der Waals surface area contributed by atoms with E-state index < -0.39 is 0 Å². The van der Waals surface area contributed by atoms with Crippen molar-refractivity contribution in [3.05, 3.63) is 48.5 Å². The fraction of sp³-hybridized carbons (Fsp3) is 0.391. The molecule has 4 N–H and O–H groups in total. The van der Waals surface area contributed by atoms with Gasteiger partial charge in [-0.3, -0.25) is 0 Å². The Morgan fingerprint density at radius 1 is 0.806 bits per heavy atom. The zero-order valence-electron chi connectivity index (χ0n) is 18.1. The minimum atomic E-state index is -0.291. The third kappa shape index (κ3) is 6.04. The van der Waals surface area contributed by atoms with Crippen molar-refractivity contribution in [2.45, 2.75) is 38.3 Å². The van der Waals surface area contributed by atoms with E-state index in [2.05, 4.69) is 28.2 Å². The van der Waals surface area contributed by atoms with Crippen molar-refractivity contribution in [2.24, 2.45) is 5.92 Å².